The average Bonchev–Trinajstić information content (AvgIpc) is 2.81. The van der Waals surface area contributed by atoms with Gasteiger partial charge in [0.1, 0.15) is 24.9 Å². The van der Waals surface area contributed by atoms with E-state index in [2.05, 4.69) is 0 Å². The summed E-state index contributed by atoms with van der Waals surface area (Å²) in [6.07, 6.45) is -9.10. The Labute approximate surface area is 188 Å². The summed E-state index contributed by atoms with van der Waals surface area (Å²) in [6.45, 7) is -0.779. The normalized spacial score (nSPS) is 26.9. The Hall–Kier alpha value is -3.98. The third kappa shape index (κ3) is 3.45. The molecule has 14 heteroatoms. The van der Waals surface area contributed by atoms with Gasteiger partial charge in [0, 0.05) is 11.1 Å². The molecule has 0 aliphatic carbocycles. The number of phenolic OH excluding ortho intramolecular Hbond substituents is 6. The van der Waals surface area contributed by atoms with Crippen molar-refractivity contribution in [3.63, 3.8) is 0 Å². The molecular weight excluding hydrogens is 464 g/mol. The first kappa shape index (κ1) is 23.2. The molecule has 2 aliphatic heterocycles. The smallest absolute Gasteiger partial charge is 0.339 e. The highest BCUT2D eigenvalue weighted by Gasteiger charge is 2.47. The zero-order valence-electron chi connectivity index (χ0n) is 16.8. The van der Waals surface area contributed by atoms with Crippen molar-refractivity contribution in [2.24, 2.45) is 0 Å². The number of phenols is 6. The van der Waals surface area contributed by atoms with Gasteiger partial charge in [0.15, 0.2) is 35.4 Å². The van der Waals surface area contributed by atoms with Crippen molar-refractivity contribution in [2.75, 3.05) is 6.61 Å². The van der Waals surface area contributed by atoms with Gasteiger partial charge in [0.25, 0.3) is 0 Å². The molecule has 9 N–H and O–H groups in total. The van der Waals surface area contributed by atoms with E-state index in [0.717, 1.165) is 0 Å². The van der Waals surface area contributed by atoms with Gasteiger partial charge in [0.05, 0.1) is 11.1 Å². The average molecular weight is 482 g/mol. The monoisotopic (exact) mass is 482 g/mol. The Morgan fingerprint density at radius 1 is 0.706 bits per heavy atom. The van der Waals surface area contributed by atoms with E-state index >= 15 is 0 Å². The molecular formula is C20H18O14. The van der Waals surface area contributed by atoms with E-state index in [4.69, 9.17) is 14.2 Å². The first-order chi connectivity index (χ1) is 15.9. The largest absolute Gasteiger partial charge is 0.504 e. The quantitative estimate of drug-likeness (QED) is 0.157. The Kier molecular flexibility index (Phi) is 5.53. The summed E-state index contributed by atoms with van der Waals surface area (Å²) in [4.78, 5) is 25.9. The fourth-order valence-electron chi connectivity index (χ4n) is 3.74. The summed E-state index contributed by atoms with van der Waals surface area (Å²) in [5.74, 6) is -9.53. The van der Waals surface area contributed by atoms with Crippen molar-refractivity contribution in [1.29, 1.82) is 0 Å². The van der Waals surface area contributed by atoms with E-state index in [9.17, 15) is 55.5 Å². The third-order valence-corrected chi connectivity index (χ3v) is 5.48. The van der Waals surface area contributed by atoms with Gasteiger partial charge >= 0.3 is 11.9 Å². The number of ether oxygens (including phenoxy) is 3. The standard InChI is InChI=1S/C20H18O14/c21-6-1-4-9(13(25)11(6)23)10-5(2-7(22)12(24)14(10)26)19(30)34-17-8(3-32-18(4)29)33-20(31)16(28)15(17)27/h1-2,8,15-17,20-28,31H,3H2/t8-,15-,16-,17-,20-/m1/s1. The molecule has 0 unspecified atom stereocenters. The van der Waals surface area contributed by atoms with E-state index < -0.39 is 106 Å². The molecule has 2 aliphatic rings. The first-order valence-corrected chi connectivity index (χ1v) is 9.57. The summed E-state index contributed by atoms with van der Waals surface area (Å²) in [5, 5.41) is 90.8. The summed E-state index contributed by atoms with van der Waals surface area (Å²) < 4.78 is 15.3. The Balaban J connectivity index is 2.02. The van der Waals surface area contributed by atoms with Crippen LogP contribution >= 0.6 is 0 Å². The molecule has 0 bridgehead atoms. The first-order valence-electron chi connectivity index (χ1n) is 9.57. The molecule has 0 aromatic heterocycles. The fourth-order valence-corrected chi connectivity index (χ4v) is 3.74. The predicted octanol–water partition coefficient (Wildman–Crippen LogP) is -1.28. The van der Waals surface area contributed by atoms with Crippen molar-refractivity contribution in [3.05, 3.63) is 23.3 Å². The molecule has 0 amide bonds. The Morgan fingerprint density at radius 2 is 1.21 bits per heavy atom. The van der Waals surface area contributed by atoms with Gasteiger partial charge in [-0.1, -0.05) is 0 Å². The Bertz CT molecular complexity index is 1190. The molecule has 1 fully saturated rings. The highest BCUT2D eigenvalue weighted by atomic mass is 16.7. The molecule has 182 valence electrons. The molecule has 5 atom stereocenters. The number of esters is 2. The van der Waals surface area contributed by atoms with Crippen LogP contribution in [0.15, 0.2) is 12.1 Å². The second-order valence-corrected chi connectivity index (χ2v) is 7.55. The van der Waals surface area contributed by atoms with Crippen molar-refractivity contribution < 1.29 is 69.8 Å². The molecule has 1 saturated heterocycles. The van der Waals surface area contributed by atoms with Crippen molar-refractivity contribution >= 4 is 11.9 Å². The predicted molar refractivity (Wildman–Crippen MR) is 104 cm³/mol. The van der Waals surface area contributed by atoms with Crippen LogP contribution in [-0.2, 0) is 14.2 Å². The summed E-state index contributed by atoms with van der Waals surface area (Å²) in [7, 11) is 0. The number of aliphatic hydroxyl groups is 3. The maximum absolute atomic E-state index is 13.0. The van der Waals surface area contributed by atoms with Crippen molar-refractivity contribution in [1.82, 2.24) is 0 Å². The lowest BCUT2D eigenvalue weighted by molar-refractivity contribution is -0.285. The SMILES string of the molecule is O=C1OC[C@H]2O[C@@H](O)[C@H](O)[C@@H](O)[C@@H]2OC(=O)c2cc(O)c(O)c(O)c2-c2c1cc(O)c(O)c2O. The summed E-state index contributed by atoms with van der Waals surface area (Å²) in [5.41, 5.74) is -3.09. The van der Waals surface area contributed by atoms with Crippen molar-refractivity contribution in [3.8, 4) is 45.6 Å². The van der Waals surface area contributed by atoms with E-state index in [1.807, 2.05) is 0 Å². The fraction of sp³-hybridized carbons (Fsp3) is 0.300. The van der Waals surface area contributed by atoms with E-state index in [-0.39, 0.29) is 0 Å². The maximum Gasteiger partial charge on any atom is 0.339 e. The van der Waals surface area contributed by atoms with Gasteiger partial charge in [0.2, 0.25) is 11.5 Å². The molecule has 2 heterocycles. The van der Waals surface area contributed by atoms with Gasteiger partial charge in [-0.05, 0) is 12.1 Å². The van der Waals surface area contributed by atoms with Gasteiger partial charge in [-0.25, -0.2) is 9.59 Å². The van der Waals surface area contributed by atoms with Crippen LogP contribution in [0.25, 0.3) is 11.1 Å². The minimum absolute atomic E-state index is 0.597. The maximum atomic E-state index is 13.0. The lowest BCUT2D eigenvalue weighted by atomic mass is 9.92. The molecule has 14 nitrogen and oxygen atoms in total. The van der Waals surface area contributed by atoms with Crippen LogP contribution in [-0.4, -0.2) is 95.2 Å². The van der Waals surface area contributed by atoms with Crippen LogP contribution in [0.4, 0.5) is 0 Å². The molecule has 4 rings (SSSR count). The van der Waals surface area contributed by atoms with Crippen LogP contribution in [0.3, 0.4) is 0 Å². The molecule has 2 aromatic carbocycles. The zero-order valence-corrected chi connectivity index (χ0v) is 16.8. The lowest BCUT2D eigenvalue weighted by Crippen LogP contribution is -2.60. The highest BCUT2D eigenvalue weighted by Crippen LogP contribution is 2.52. The number of aromatic hydroxyl groups is 6. The van der Waals surface area contributed by atoms with Crippen LogP contribution in [0.2, 0.25) is 0 Å². The van der Waals surface area contributed by atoms with Crippen LogP contribution in [0.1, 0.15) is 20.7 Å². The topological polar surface area (TPSA) is 244 Å². The second kappa shape index (κ2) is 8.11. The van der Waals surface area contributed by atoms with Gasteiger partial charge < -0.3 is 60.2 Å². The number of benzene rings is 2. The minimum Gasteiger partial charge on any atom is -0.504 e. The number of rotatable bonds is 0. The third-order valence-electron chi connectivity index (χ3n) is 5.48. The van der Waals surface area contributed by atoms with E-state index in [1.54, 1.807) is 0 Å². The van der Waals surface area contributed by atoms with E-state index in [1.165, 1.54) is 0 Å². The summed E-state index contributed by atoms with van der Waals surface area (Å²) >= 11 is 0. The number of aliphatic hydroxyl groups excluding tert-OH is 3. The minimum atomic E-state index is -1.95. The number of hydrogen-bond donors (Lipinski definition) is 9. The number of cyclic esters (lactones) is 1. The van der Waals surface area contributed by atoms with Crippen LogP contribution in [0.5, 0.6) is 34.5 Å². The van der Waals surface area contributed by atoms with Crippen LogP contribution in [0, 0.1) is 0 Å². The van der Waals surface area contributed by atoms with Crippen LogP contribution < -0.4 is 0 Å². The van der Waals surface area contributed by atoms with Gasteiger partial charge in [-0.2, -0.15) is 0 Å². The number of fused-ring (bicyclic) bond motifs is 4. The Morgan fingerprint density at radius 3 is 1.74 bits per heavy atom. The van der Waals surface area contributed by atoms with Crippen molar-refractivity contribution in [2.45, 2.75) is 30.7 Å². The number of carbonyl (C=O) groups is 2. The number of hydrogen-bond acceptors (Lipinski definition) is 14. The molecule has 2 aromatic rings. The summed E-state index contributed by atoms with van der Waals surface area (Å²) in [6, 6.07) is 1.23. The number of carbonyl (C=O) groups excluding carboxylic acids is 2. The molecule has 0 spiro atoms. The zero-order chi connectivity index (χ0) is 25.1. The molecule has 34 heavy (non-hydrogen) atoms. The van der Waals surface area contributed by atoms with Gasteiger partial charge in [-0.15, -0.1) is 0 Å². The van der Waals surface area contributed by atoms with E-state index in [0.29, 0.717) is 12.1 Å². The second-order valence-electron chi connectivity index (χ2n) is 7.55. The molecule has 0 radical (unpaired) electrons. The van der Waals surface area contributed by atoms with Gasteiger partial charge in [-0.3, -0.25) is 0 Å². The lowest BCUT2D eigenvalue weighted by Gasteiger charge is -2.39. The molecule has 0 saturated carbocycles. The highest BCUT2D eigenvalue weighted by molar-refractivity contribution is 6.08.